The van der Waals surface area contributed by atoms with E-state index in [0.29, 0.717) is 29.7 Å². The number of likely N-dealkylation sites (N-methyl/N-ethyl adjacent to an activating group) is 1. The molecule has 0 heterocycles. The van der Waals surface area contributed by atoms with Crippen molar-refractivity contribution in [2.75, 3.05) is 33.9 Å². The van der Waals surface area contributed by atoms with Crippen LogP contribution in [0.2, 0.25) is 5.02 Å². The molecule has 2 aromatic rings. The number of rotatable bonds is 9. The molecular formula is C19H22ClNO4. The van der Waals surface area contributed by atoms with E-state index in [1.54, 1.807) is 43.3 Å². The number of ether oxygens (including phenoxy) is 3. The second kappa shape index (κ2) is 9.79. The first-order valence-corrected chi connectivity index (χ1v) is 8.36. The van der Waals surface area contributed by atoms with Crippen LogP contribution in [0.4, 0.5) is 0 Å². The highest BCUT2D eigenvalue weighted by atomic mass is 35.5. The third-order valence-corrected chi connectivity index (χ3v) is 3.82. The summed E-state index contributed by atoms with van der Waals surface area (Å²) in [6.07, 6.45) is 0.722. The number of nitrogens with zero attached hydrogens (tertiary/aromatic N) is 1. The molecule has 0 bridgehead atoms. The first kappa shape index (κ1) is 18.9. The van der Waals surface area contributed by atoms with Gasteiger partial charge in [-0.2, -0.15) is 0 Å². The maximum absolute atomic E-state index is 12.1. The lowest BCUT2D eigenvalue weighted by Gasteiger charge is -2.18. The van der Waals surface area contributed by atoms with Gasteiger partial charge in [0.15, 0.2) is 18.1 Å². The fourth-order valence-corrected chi connectivity index (χ4v) is 2.26. The van der Waals surface area contributed by atoms with Crippen molar-refractivity contribution in [1.29, 1.82) is 0 Å². The second-order valence-corrected chi connectivity index (χ2v) is 5.85. The first-order valence-electron chi connectivity index (χ1n) is 7.98. The summed E-state index contributed by atoms with van der Waals surface area (Å²) in [6.45, 7) is 1.07. The van der Waals surface area contributed by atoms with E-state index in [2.05, 4.69) is 0 Å². The fourth-order valence-electron chi connectivity index (χ4n) is 2.13. The summed E-state index contributed by atoms with van der Waals surface area (Å²) in [5.74, 6) is 1.82. The van der Waals surface area contributed by atoms with E-state index < -0.39 is 0 Å². The minimum absolute atomic E-state index is 0.0328. The van der Waals surface area contributed by atoms with Crippen molar-refractivity contribution in [1.82, 2.24) is 4.90 Å². The van der Waals surface area contributed by atoms with Gasteiger partial charge < -0.3 is 19.1 Å². The predicted octanol–water partition coefficient (Wildman–Crippen LogP) is 3.65. The summed E-state index contributed by atoms with van der Waals surface area (Å²) in [6, 6.07) is 14.4. The zero-order chi connectivity index (χ0) is 18.1. The Morgan fingerprint density at radius 3 is 2.40 bits per heavy atom. The molecule has 25 heavy (non-hydrogen) atoms. The van der Waals surface area contributed by atoms with Crippen LogP contribution in [0.1, 0.15) is 6.42 Å². The minimum Gasteiger partial charge on any atom is -0.494 e. The van der Waals surface area contributed by atoms with E-state index in [-0.39, 0.29) is 12.5 Å². The molecule has 0 atom stereocenters. The van der Waals surface area contributed by atoms with Gasteiger partial charge in [-0.25, -0.2) is 0 Å². The Morgan fingerprint density at radius 2 is 1.72 bits per heavy atom. The Balaban J connectivity index is 1.68. The minimum atomic E-state index is -0.0996. The topological polar surface area (TPSA) is 48.0 Å². The van der Waals surface area contributed by atoms with Crippen LogP contribution >= 0.6 is 11.6 Å². The molecular weight excluding hydrogens is 342 g/mol. The number of hydrogen-bond acceptors (Lipinski definition) is 4. The van der Waals surface area contributed by atoms with Gasteiger partial charge in [0.05, 0.1) is 13.7 Å². The molecule has 0 unspecified atom stereocenters. The van der Waals surface area contributed by atoms with Crippen LogP contribution in [-0.2, 0) is 4.79 Å². The fraction of sp³-hybridized carbons (Fsp3) is 0.316. The molecule has 0 spiro atoms. The predicted molar refractivity (Wildman–Crippen MR) is 97.7 cm³/mol. The Kier molecular flexibility index (Phi) is 7.41. The van der Waals surface area contributed by atoms with E-state index in [4.69, 9.17) is 25.8 Å². The number of benzene rings is 2. The number of hydrogen-bond donors (Lipinski definition) is 0. The summed E-state index contributed by atoms with van der Waals surface area (Å²) in [7, 11) is 3.31. The number of carbonyl (C=O) groups excluding carboxylic acids is 1. The quantitative estimate of drug-likeness (QED) is 0.638. The van der Waals surface area contributed by atoms with Crippen LogP contribution in [-0.4, -0.2) is 44.7 Å². The highest BCUT2D eigenvalue weighted by Crippen LogP contribution is 2.25. The SMILES string of the molecule is COc1ccccc1OCC(=O)N(C)CCCOc1ccc(Cl)cc1. The van der Waals surface area contributed by atoms with Crippen LogP contribution in [0.15, 0.2) is 48.5 Å². The number of amides is 1. The lowest BCUT2D eigenvalue weighted by molar-refractivity contribution is -0.132. The van der Waals surface area contributed by atoms with E-state index in [1.807, 2.05) is 24.3 Å². The average Bonchev–Trinajstić information content (AvgIpc) is 2.64. The summed E-state index contributed by atoms with van der Waals surface area (Å²) in [5.41, 5.74) is 0. The lowest BCUT2D eigenvalue weighted by atomic mass is 10.3. The van der Waals surface area contributed by atoms with E-state index in [0.717, 1.165) is 12.2 Å². The van der Waals surface area contributed by atoms with Gasteiger partial charge in [0.25, 0.3) is 5.91 Å². The standard InChI is InChI=1S/C19H22ClNO4/c1-21(12-5-13-24-16-10-8-15(20)9-11-16)19(22)14-25-18-7-4-3-6-17(18)23-2/h3-4,6-11H,5,12-14H2,1-2H3. The number of carbonyl (C=O) groups is 1. The van der Waals surface area contributed by atoms with Crippen molar-refractivity contribution in [3.05, 3.63) is 53.6 Å². The molecule has 2 aromatic carbocycles. The second-order valence-electron chi connectivity index (χ2n) is 5.41. The Labute approximate surface area is 153 Å². The van der Waals surface area contributed by atoms with Crippen molar-refractivity contribution in [3.8, 4) is 17.2 Å². The van der Waals surface area contributed by atoms with Gasteiger partial charge in [-0.1, -0.05) is 23.7 Å². The molecule has 0 aliphatic heterocycles. The maximum atomic E-state index is 12.1. The molecule has 1 amide bonds. The van der Waals surface area contributed by atoms with Crippen LogP contribution < -0.4 is 14.2 Å². The summed E-state index contributed by atoms with van der Waals surface area (Å²) >= 11 is 5.82. The van der Waals surface area contributed by atoms with Crippen molar-refractivity contribution >= 4 is 17.5 Å². The number of halogens is 1. The van der Waals surface area contributed by atoms with Crippen LogP contribution in [0.3, 0.4) is 0 Å². The smallest absolute Gasteiger partial charge is 0.260 e. The molecule has 0 fully saturated rings. The zero-order valence-corrected chi connectivity index (χ0v) is 15.2. The molecule has 0 N–H and O–H groups in total. The molecule has 6 heteroatoms. The van der Waals surface area contributed by atoms with Gasteiger partial charge in [0, 0.05) is 18.6 Å². The van der Waals surface area contributed by atoms with E-state index >= 15 is 0 Å². The van der Waals surface area contributed by atoms with Crippen molar-refractivity contribution in [3.63, 3.8) is 0 Å². The monoisotopic (exact) mass is 363 g/mol. The molecule has 134 valence electrons. The average molecular weight is 364 g/mol. The molecule has 0 aliphatic rings. The molecule has 5 nitrogen and oxygen atoms in total. The van der Waals surface area contributed by atoms with Gasteiger partial charge in [-0.05, 0) is 42.8 Å². The van der Waals surface area contributed by atoms with Crippen molar-refractivity contribution < 1.29 is 19.0 Å². The zero-order valence-electron chi connectivity index (χ0n) is 14.4. The molecule has 0 saturated carbocycles. The van der Waals surface area contributed by atoms with Gasteiger partial charge in [-0.3, -0.25) is 4.79 Å². The molecule has 0 aliphatic carbocycles. The van der Waals surface area contributed by atoms with E-state index in [1.165, 1.54) is 0 Å². The highest BCUT2D eigenvalue weighted by Gasteiger charge is 2.11. The summed E-state index contributed by atoms with van der Waals surface area (Å²) < 4.78 is 16.3. The Bertz CT molecular complexity index is 675. The molecule has 0 aromatic heterocycles. The van der Waals surface area contributed by atoms with Crippen LogP contribution in [0.5, 0.6) is 17.2 Å². The Morgan fingerprint density at radius 1 is 1.04 bits per heavy atom. The summed E-state index contributed by atoms with van der Waals surface area (Å²) in [4.78, 5) is 13.7. The molecule has 0 saturated heterocycles. The van der Waals surface area contributed by atoms with Gasteiger partial charge >= 0.3 is 0 Å². The molecule has 0 radical (unpaired) electrons. The normalized spacial score (nSPS) is 10.2. The van der Waals surface area contributed by atoms with Crippen molar-refractivity contribution in [2.24, 2.45) is 0 Å². The number of methoxy groups -OCH3 is 1. The van der Waals surface area contributed by atoms with Crippen LogP contribution in [0, 0.1) is 0 Å². The van der Waals surface area contributed by atoms with Gasteiger partial charge in [0.2, 0.25) is 0 Å². The van der Waals surface area contributed by atoms with Gasteiger partial charge in [0.1, 0.15) is 5.75 Å². The summed E-state index contributed by atoms with van der Waals surface area (Å²) in [5, 5.41) is 0.674. The van der Waals surface area contributed by atoms with Gasteiger partial charge in [-0.15, -0.1) is 0 Å². The Hall–Kier alpha value is -2.40. The van der Waals surface area contributed by atoms with Crippen molar-refractivity contribution in [2.45, 2.75) is 6.42 Å². The largest absolute Gasteiger partial charge is 0.494 e. The first-order chi connectivity index (χ1) is 12.1. The molecule has 2 rings (SSSR count). The highest BCUT2D eigenvalue weighted by molar-refractivity contribution is 6.30. The van der Waals surface area contributed by atoms with Crippen LogP contribution in [0.25, 0.3) is 0 Å². The lowest BCUT2D eigenvalue weighted by Crippen LogP contribution is -2.32. The maximum Gasteiger partial charge on any atom is 0.260 e. The third kappa shape index (κ3) is 6.19. The number of para-hydroxylation sites is 2. The third-order valence-electron chi connectivity index (χ3n) is 3.57. The van der Waals surface area contributed by atoms with E-state index in [9.17, 15) is 4.79 Å².